The third kappa shape index (κ3) is 2.74. The van der Waals surface area contributed by atoms with Crippen molar-refractivity contribution in [1.29, 1.82) is 0 Å². The number of rotatable bonds is 2. The van der Waals surface area contributed by atoms with Crippen LogP contribution in [0.5, 0.6) is 0 Å². The number of methoxy groups -OCH3 is 1. The van der Waals surface area contributed by atoms with Crippen molar-refractivity contribution in [2.24, 2.45) is 5.92 Å². The van der Waals surface area contributed by atoms with E-state index in [2.05, 4.69) is 17.4 Å². The van der Waals surface area contributed by atoms with Crippen LogP contribution in [0, 0.1) is 5.92 Å². The van der Waals surface area contributed by atoms with Crippen LogP contribution in [0.3, 0.4) is 0 Å². The number of halogens is 1. The molecule has 0 aromatic heterocycles. The van der Waals surface area contributed by atoms with E-state index >= 15 is 0 Å². The first-order chi connectivity index (χ1) is 7.31. The fourth-order valence-corrected chi connectivity index (χ4v) is 2.02. The zero-order chi connectivity index (χ0) is 10.7. The number of hydrogen-bond donors (Lipinski definition) is 1. The Morgan fingerprint density at radius 2 is 2.06 bits per heavy atom. The van der Waals surface area contributed by atoms with Gasteiger partial charge in [0.1, 0.15) is 0 Å². The van der Waals surface area contributed by atoms with Gasteiger partial charge in [-0.1, -0.05) is 30.3 Å². The lowest BCUT2D eigenvalue weighted by molar-refractivity contribution is -0.144. The molecule has 0 bridgehead atoms. The number of carbonyl (C=O) groups excluding carboxylic acids is 1. The quantitative estimate of drug-likeness (QED) is 0.805. The van der Waals surface area contributed by atoms with Crippen molar-refractivity contribution in [3.05, 3.63) is 35.9 Å². The molecule has 1 heterocycles. The normalized spacial score (nSPS) is 23.6. The van der Waals surface area contributed by atoms with Crippen LogP contribution in [0.1, 0.15) is 18.0 Å². The van der Waals surface area contributed by atoms with Crippen molar-refractivity contribution >= 4 is 18.4 Å². The lowest BCUT2D eigenvalue weighted by Crippen LogP contribution is -2.19. The molecule has 1 aromatic carbocycles. The average molecular weight is 242 g/mol. The van der Waals surface area contributed by atoms with E-state index in [9.17, 15) is 4.79 Å². The fourth-order valence-electron chi connectivity index (χ4n) is 2.02. The molecule has 16 heavy (non-hydrogen) atoms. The van der Waals surface area contributed by atoms with Gasteiger partial charge in [0.05, 0.1) is 13.0 Å². The molecule has 1 aliphatic heterocycles. The molecule has 0 spiro atoms. The van der Waals surface area contributed by atoms with Crippen molar-refractivity contribution in [2.45, 2.75) is 12.5 Å². The van der Waals surface area contributed by atoms with E-state index in [1.165, 1.54) is 12.7 Å². The van der Waals surface area contributed by atoms with Crippen LogP contribution in [0.25, 0.3) is 0 Å². The predicted octanol–water partition coefficient (Wildman–Crippen LogP) is 1.93. The van der Waals surface area contributed by atoms with Gasteiger partial charge in [-0.05, 0) is 12.0 Å². The Kier molecular flexibility index (Phi) is 4.77. The van der Waals surface area contributed by atoms with Crippen LogP contribution in [0.4, 0.5) is 0 Å². The first-order valence-electron chi connectivity index (χ1n) is 5.17. The zero-order valence-electron chi connectivity index (χ0n) is 9.18. The molecular weight excluding hydrogens is 226 g/mol. The van der Waals surface area contributed by atoms with Gasteiger partial charge in [-0.2, -0.15) is 0 Å². The Labute approximate surface area is 102 Å². The Balaban J connectivity index is 0.00000128. The first-order valence-corrected chi connectivity index (χ1v) is 5.17. The third-order valence-electron chi connectivity index (χ3n) is 2.87. The SMILES string of the molecule is COC(=O)C1CNC(c2ccccc2)C1.Cl. The summed E-state index contributed by atoms with van der Waals surface area (Å²) >= 11 is 0. The Hall–Kier alpha value is -1.06. The molecule has 1 saturated heterocycles. The maximum absolute atomic E-state index is 11.3. The minimum atomic E-state index is -0.110. The van der Waals surface area contributed by atoms with Crippen molar-refractivity contribution < 1.29 is 9.53 Å². The van der Waals surface area contributed by atoms with Crippen LogP contribution in [0.15, 0.2) is 30.3 Å². The molecular formula is C12H16ClNO2. The second-order valence-electron chi connectivity index (χ2n) is 3.83. The molecule has 0 radical (unpaired) electrons. The van der Waals surface area contributed by atoms with Crippen LogP contribution < -0.4 is 5.32 Å². The van der Waals surface area contributed by atoms with Gasteiger partial charge >= 0.3 is 5.97 Å². The predicted molar refractivity (Wildman–Crippen MR) is 64.6 cm³/mol. The maximum Gasteiger partial charge on any atom is 0.310 e. The van der Waals surface area contributed by atoms with Crippen molar-refractivity contribution in [3.63, 3.8) is 0 Å². The molecule has 3 nitrogen and oxygen atoms in total. The van der Waals surface area contributed by atoms with E-state index in [4.69, 9.17) is 4.74 Å². The summed E-state index contributed by atoms with van der Waals surface area (Å²) in [6, 6.07) is 10.5. The summed E-state index contributed by atoms with van der Waals surface area (Å²) < 4.78 is 4.74. The molecule has 2 unspecified atom stereocenters. The van der Waals surface area contributed by atoms with Crippen LogP contribution >= 0.6 is 12.4 Å². The standard InChI is InChI=1S/C12H15NO2.ClH/c1-15-12(14)10-7-11(13-8-10)9-5-3-2-4-6-9;/h2-6,10-11,13H,7-8H2,1H3;1H. The number of ether oxygens (including phenoxy) is 1. The van der Waals surface area contributed by atoms with Gasteiger partial charge in [0.25, 0.3) is 0 Å². The van der Waals surface area contributed by atoms with E-state index in [1.54, 1.807) is 0 Å². The summed E-state index contributed by atoms with van der Waals surface area (Å²) in [4.78, 5) is 11.3. The summed E-state index contributed by atoms with van der Waals surface area (Å²) in [5.74, 6) is -0.110. The van der Waals surface area contributed by atoms with E-state index in [0.29, 0.717) is 6.54 Å². The number of carbonyl (C=O) groups is 1. The molecule has 0 amide bonds. The van der Waals surface area contributed by atoms with Gasteiger partial charge in [-0.15, -0.1) is 12.4 Å². The smallest absolute Gasteiger partial charge is 0.310 e. The number of benzene rings is 1. The summed E-state index contributed by atoms with van der Waals surface area (Å²) in [5, 5.41) is 3.34. The number of nitrogens with one attached hydrogen (secondary N) is 1. The lowest BCUT2D eigenvalue weighted by Gasteiger charge is -2.09. The highest BCUT2D eigenvalue weighted by Gasteiger charge is 2.30. The maximum atomic E-state index is 11.3. The van der Waals surface area contributed by atoms with Crippen molar-refractivity contribution in [3.8, 4) is 0 Å². The molecule has 0 saturated carbocycles. The minimum Gasteiger partial charge on any atom is -0.469 e. The summed E-state index contributed by atoms with van der Waals surface area (Å²) in [5.41, 5.74) is 1.24. The van der Waals surface area contributed by atoms with Gasteiger partial charge in [-0.3, -0.25) is 4.79 Å². The van der Waals surface area contributed by atoms with Crippen molar-refractivity contribution in [1.82, 2.24) is 5.32 Å². The topological polar surface area (TPSA) is 38.3 Å². The summed E-state index contributed by atoms with van der Waals surface area (Å²) in [7, 11) is 1.44. The molecule has 0 aliphatic carbocycles. The van der Waals surface area contributed by atoms with Crippen molar-refractivity contribution in [2.75, 3.05) is 13.7 Å². The average Bonchev–Trinajstić information content (AvgIpc) is 2.78. The van der Waals surface area contributed by atoms with E-state index in [-0.39, 0.29) is 30.3 Å². The number of hydrogen-bond acceptors (Lipinski definition) is 3. The van der Waals surface area contributed by atoms with E-state index < -0.39 is 0 Å². The second kappa shape index (κ2) is 5.87. The van der Waals surface area contributed by atoms with E-state index in [0.717, 1.165) is 6.42 Å². The fraction of sp³-hybridized carbons (Fsp3) is 0.417. The van der Waals surface area contributed by atoms with E-state index in [1.807, 2.05) is 18.2 Å². The van der Waals surface area contributed by atoms with Gasteiger partial charge in [-0.25, -0.2) is 0 Å². The number of esters is 1. The third-order valence-corrected chi connectivity index (χ3v) is 2.87. The molecule has 1 N–H and O–H groups in total. The zero-order valence-corrected chi connectivity index (χ0v) is 10.00. The monoisotopic (exact) mass is 241 g/mol. The highest BCUT2D eigenvalue weighted by atomic mass is 35.5. The Morgan fingerprint density at radius 3 is 2.69 bits per heavy atom. The van der Waals surface area contributed by atoms with Crippen LogP contribution in [-0.4, -0.2) is 19.6 Å². The summed E-state index contributed by atoms with van der Waals surface area (Å²) in [6.45, 7) is 0.715. The highest BCUT2D eigenvalue weighted by molar-refractivity contribution is 5.85. The molecule has 4 heteroatoms. The molecule has 2 rings (SSSR count). The van der Waals surface area contributed by atoms with Gasteiger partial charge in [0.2, 0.25) is 0 Å². The minimum absolute atomic E-state index is 0. The second-order valence-corrected chi connectivity index (χ2v) is 3.83. The molecule has 1 aliphatic rings. The molecule has 1 fully saturated rings. The highest BCUT2D eigenvalue weighted by Crippen LogP contribution is 2.27. The van der Waals surface area contributed by atoms with Crippen LogP contribution in [-0.2, 0) is 9.53 Å². The Morgan fingerprint density at radius 1 is 1.38 bits per heavy atom. The first kappa shape index (κ1) is 13.0. The van der Waals surface area contributed by atoms with Gasteiger partial charge < -0.3 is 10.1 Å². The lowest BCUT2D eigenvalue weighted by atomic mass is 10.0. The molecule has 2 atom stereocenters. The Bertz CT molecular complexity index is 342. The largest absolute Gasteiger partial charge is 0.469 e. The molecule has 88 valence electrons. The summed E-state index contributed by atoms with van der Waals surface area (Å²) in [6.07, 6.45) is 0.830. The molecule has 1 aromatic rings. The van der Waals surface area contributed by atoms with Crippen LogP contribution in [0.2, 0.25) is 0 Å². The van der Waals surface area contributed by atoms with Gasteiger partial charge in [0, 0.05) is 12.6 Å². The van der Waals surface area contributed by atoms with Gasteiger partial charge in [0.15, 0.2) is 0 Å².